The number of aromatic nitrogens is 2. The van der Waals surface area contributed by atoms with E-state index in [4.69, 9.17) is 4.74 Å². The van der Waals surface area contributed by atoms with Crippen LogP contribution in [0, 0.1) is 13.8 Å². The summed E-state index contributed by atoms with van der Waals surface area (Å²) in [6.45, 7) is 4.74. The van der Waals surface area contributed by atoms with Gasteiger partial charge >= 0.3 is 12.0 Å². The molecular formula is C25H27N5O4. The van der Waals surface area contributed by atoms with Crippen LogP contribution in [0.2, 0.25) is 0 Å². The summed E-state index contributed by atoms with van der Waals surface area (Å²) in [7, 11) is 0. The fourth-order valence-electron chi connectivity index (χ4n) is 3.93. The molecule has 34 heavy (non-hydrogen) atoms. The van der Waals surface area contributed by atoms with Gasteiger partial charge in [-0.25, -0.2) is 14.3 Å². The van der Waals surface area contributed by atoms with Crippen LogP contribution >= 0.6 is 0 Å². The number of rotatable bonds is 5. The predicted molar refractivity (Wildman–Crippen MR) is 127 cm³/mol. The van der Waals surface area contributed by atoms with Crippen molar-refractivity contribution in [1.82, 2.24) is 19.6 Å². The van der Waals surface area contributed by atoms with E-state index >= 15 is 0 Å². The molecule has 2 heterocycles. The molecular weight excluding hydrogens is 434 g/mol. The van der Waals surface area contributed by atoms with Crippen LogP contribution in [0.1, 0.15) is 21.7 Å². The van der Waals surface area contributed by atoms with E-state index < -0.39 is 5.97 Å². The van der Waals surface area contributed by atoms with Crippen LogP contribution < -0.4 is 5.32 Å². The molecule has 0 bridgehead atoms. The number of para-hydroxylation sites is 2. The Morgan fingerprint density at radius 1 is 0.882 bits per heavy atom. The first-order valence-corrected chi connectivity index (χ1v) is 11.1. The Morgan fingerprint density at radius 2 is 1.47 bits per heavy atom. The van der Waals surface area contributed by atoms with Crippen molar-refractivity contribution in [2.45, 2.75) is 13.8 Å². The number of nitrogens with one attached hydrogen (secondary N) is 1. The lowest BCUT2D eigenvalue weighted by Gasteiger charge is -2.34. The summed E-state index contributed by atoms with van der Waals surface area (Å²) < 4.78 is 7.02. The lowest BCUT2D eigenvalue weighted by molar-refractivity contribution is -0.135. The molecule has 0 atom stereocenters. The molecule has 1 aromatic heterocycles. The molecule has 0 saturated carbocycles. The largest absolute Gasteiger partial charge is 0.452 e. The molecule has 9 nitrogen and oxygen atoms in total. The number of anilines is 1. The molecule has 1 aliphatic rings. The lowest BCUT2D eigenvalue weighted by Crippen LogP contribution is -2.52. The van der Waals surface area contributed by atoms with Gasteiger partial charge in [-0.05, 0) is 38.1 Å². The van der Waals surface area contributed by atoms with Crippen molar-refractivity contribution in [2.24, 2.45) is 0 Å². The molecule has 1 aliphatic heterocycles. The van der Waals surface area contributed by atoms with Gasteiger partial charge in [0.25, 0.3) is 5.91 Å². The Morgan fingerprint density at radius 3 is 2.12 bits per heavy atom. The minimum absolute atomic E-state index is 0.203. The maximum absolute atomic E-state index is 12.7. The summed E-state index contributed by atoms with van der Waals surface area (Å²) >= 11 is 0. The predicted octanol–water partition coefficient (Wildman–Crippen LogP) is 3.02. The number of esters is 1. The van der Waals surface area contributed by atoms with Gasteiger partial charge < -0.3 is 19.9 Å². The van der Waals surface area contributed by atoms with Crippen molar-refractivity contribution in [3.63, 3.8) is 0 Å². The van der Waals surface area contributed by atoms with Gasteiger partial charge in [-0.2, -0.15) is 5.10 Å². The first kappa shape index (κ1) is 23.0. The van der Waals surface area contributed by atoms with E-state index in [1.54, 1.807) is 28.3 Å². The molecule has 0 spiro atoms. The number of nitrogens with zero attached hydrogens (tertiary/aromatic N) is 4. The zero-order chi connectivity index (χ0) is 24.1. The number of amides is 3. The fraction of sp³-hybridized carbons (Fsp3) is 0.280. The molecule has 0 aliphatic carbocycles. The van der Waals surface area contributed by atoms with E-state index in [9.17, 15) is 14.4 Å². The minimum Gasteiger partial charge on any atom is -0.452 e. The monoisotopic (exact) mass is 461 g/mol. The van der Waals surface area contributed by atoms with Crippen molar-refractivity contribution >= 4 is 23.6 Å². The highest BCUT2D eigenvalue weighted by molar-refractivity contribution is 5.93. The van der Waals surface area contributed by atoms with Gasteiger partial charge in [0, 0.05) is 31.9 Å². The van der Waals surface area contributed by atoms with Gasteiger partial charge in [0.2, 0.25) is 0 Å². The first-order valence-electron chi connectivity index (χ1n) is 11.1. The van der Waals surface area contributed by atoms with E-state index in [2.05, 4.69) is 10.4 Å². The lowest BCUT2D eigenvalue weighted by atomic mass is 10.2. The third kappa shape index (κ3) is 5.09. The molecule has 176 valence electrons. The summed E-state index contributed by atoms with van der Waals surface area (Å²) in [5, 5.41) is 7.29. The zero-order valence-corrected chi connectivity index (χ0v) is 19.2. The second-order valence-corrected chi connectivity index (χ2v) is 8.03. The molecule has 9 heteroatoms. The number of piperazine rings is 1. The topological polar surface area (TPSA) is 96.8 Å². The van der Waals surface area contributed by atoms with Crippen molar-refractivity contribution < 1.29 is 19.1 Å². The average molecular weight is 462 g/mol. The highest BCUT2D eigenvalue weighted by atomic mass is 16.5. The summed E-state index contributed by atoms with van der Waals surface area (Å²) in [6.07, 6.45) is 0. The third-order valence-electron chi connectivity index (χ3n) is 5.77. The Bertz CT molecular complexity index is 1170. The molecule has 4 rings (SSSR count). The fourth-order valence-corrected chi connectivity index (χ4v) is 3.93. The van der Waals surface area contributed by atoms with Gasteiger partial charge in [-0.3, -0.25) is 4.79 Å². The summed E-state index contributed by atoms with van der Waals surface area (Å²) in [5.41, 5.74) is 3.11. The summed E-state index contributed by atoms with van der Waals surface area (Å²) in [5.74, 6) is -0.867. The van der Waals surface area contributed by atoms with Gasteiger partial charge in [-0.1, -0.05) is 36.4 Å². The van der Waals surface area contributed by atoms with E-state index in [-0.39, 0.29) is 18.5 Å². The molecule has 1 fully saturated rings. The van der Waals surface area contributed by atoms with Crippen molar-refractivity contribution in [2.75, 3.05) is 38.1 Å². The molecule has 1 saturated heterocycles. The standard InChI is InChI=1S/C25H27N5O4/c1-18-23(19(2)30(27-18)21-11-7-4-8-12-21)24(32)34-17-22(31)28-13-15-29(16-14-28)25(33)26-20-9-5-3-6-10-20/h3-12H,13-17H2,1-2H3,(H,26,33). The summed E-state index contributed by atoms with van der Waals surface area (Å²) in [4.78, 5) is 41.0. The Labute approximate surface area is 197 Å². The number of hydrogen-bond donors (Lipinski definition) is 1. The Kier molecular flexibility index (Phi) is 6.91. The van der Waals surface area contributed by atoms with Crippen molar-refractivity contribution in [3.05, 3.63) is 77.6 Å². The number of carbonyl (C=O) groups excluding carboxylic acids is 3. The highest BCUT2D eigenvalue weighted by Crippen LogP contribution is 2.19. The van der Waals surface area contributed by atoms with Gasteiger partial charge in [-0.15, -0.1) is 0 Å². The third-order valence-corrected chi connectivity index (χ3v) is 5.77. The van der Waals surface area contributed by atoms with Crippen LogP contribution in [0.4, 0.5) is 10.5 Å². The number of ether oxygens (including phenoxy) is 1. The maximum Gasteiger partial charge on any atom is 0.342 e. The quantitative estimate of drug-likeness (QED) is 0.589. The van der Waals surface area contributed by atoms with E-state index in [0.29, 0.717) is 43.1 Å². The zero-order valence-electron chi connectivity index (χ0n) is 19.2. The average Bonchev–Trinajstić information content (AvgIpc) is 3.17. The van der Waals surface area contributed by atoms with E-state index in [1.807, 2.05) is 60.7 Å². The second kappa shape index (κ2) is 10.2. The minimum atomic E-state index is -0.577. The first-order chi connectivity index (χ1) is 16.4. The molecule has 2 aromatic carbocycles. The number of benzene rings is 2. The van der Waals surface area contributed by atoms with Crippen LogP contribution in [0.25, 0.3) is 5.69 Å². The van der Waals surface area contributed by atoms with Crippen LogP contribution in [0.5, 0.6) is 0 Å². The Hall–Kier alpha value is -4.14. The van der Waals surface area contributed by atoms with Gasteiger partial charge in [0.15, 0.2) is 6.61 Å². The molecule has 1 N–H and O–H groups in total. The Balaban J connectivity index is 1.29. The number of carbonyl (C=O) groups is 3. The van der Waals surface area contributed by atoms with Crippen LogP contribution in [0.3, 0.4) is 0 Å². The van der Waals surface area contributed by atoms with Gasteiger partial charge in [0.1, 0.15) is 5.56 Å². The van der Waals surface area contributed by atoms with Crippen LogP contribution in [0.15, 0.2) is 60.7 Å². The SMILES string of the molecule is Cc1nn(-c2ccccc2)c(C)c1C(=O)OCC(=O)N1CCN(C(=O)Nc2ccccc2)CC1. The van der Waals surface area contributed by atoms with Crippen LogP contribution in [-0.4, -0.2) is 70.3 Å². The summed E-state index contributed by atoms with van der Waals surface area (Å²) in [6, 6.07) is 18.5. The van der Waals surface area contributed by atoms with Crippen molar-refractivity contribution in [1.29, 1.82) is 0 Å². The smallest absolute Gasteiger partial charge is 0.342 e. The second-order valence-electron chi connectivity index (χ2n) is 8.03. The van der Waals surface area contributed by atoms with Crippen LogP contribution in [-0.2, 0) is 9.53 Å². The van der Waals surface area contributed by atoms with E-state index in [1.165, 1.54) is 0 Å². The maximum atomic E-state index is 12.7. The molecule has 0 unspecified atom stereocenters. The molecule has 3 amide bonds. The van der Waals surface area contributed by atoms with Gasteiger partial charge in [0.05, 0.1) is 17.1 Å². The molecule has 0 radical (unpaired) electrons. The number of hydrogen-bond acceptors (Lipinski definition) is 5. The highest BCUT2D eigenvalue weighted by Gasteiger charge is 2.26. The number of urea groups is 1. The van der Waals surface area contributed by atoms with Crippen molar-refractivity contribution in [3.8, 4) is 5.69 Å². The van der Waals surface area contributed by atoms with E-state index in [0.717, 1.165) is 11.4 Å². The molecule has 3 aromatic rings. The number of aryl methyl sites for hydroxylation is 1. The normalized spacial score (nSPS) is 13.5.